The number of rotatable bonds is 4. The average molecular weight is 271 g/mol. The van der Waals surface area contributed by atoms with E-state index in [0.29, 0.717) is 6.04 Å². The van der Waals surface area contributed by atoms with Crippen LogP contribution in [0.3, 0.4) is 0 Å². The second kappa shape index (κ2) is 6.20. The molecule has 0 amide bonds. The van der Waals surface area contributed by atoms with Crippen molar-refractivity contribution < 1.29 is 5.11 Å². The minimum absolute atomic E-state index is 0.0927. The molecule has 0 aliphatic heterocycles. The number of nitrogens with one attached hydrogen (secondary N) is 2. The number of aliphatic hydroxyl groups is 1. The minimum atomic E-state index is -0.0927. The Balaban J connectivity index is 1.55. The molecular formula is C16H21N3O. The van der Waals surface area contributed by atoms with Crippen molar-refractivity contribution in [1.82, 2.24) is 15.5 Å². The van der Waals surface area contributed by atoms with Crippen molar-refractivity contribution in [3.63, 3.8) is 0 Å². The molecule has 0 saturated heterocycles. The van der Waals surface area contributed by atoms with E-state index >= 15 is 0 Å². The van der Waals surface area contributed by atoms with Crippen LogP contribution in [-0.2, 0) is 6.54 Å². The summed E-state index contributed by atoms with van der Waals surface area (Å²) in [6, 6.07) is 12.8. The van der Waals surface area contributed by atoms with Crippen molar-refractivity contribution in [2.45, 2.75) is 44.4 Å². The van der Waals surface area contributed by atoms with Crippen LogP contribution in [0.1, 0.15) is 31.4 Å². The molecule has 106 valence electrons. The van der Waals surface area contributed by atoms with Gasteiger partial charge in [-0.3, -0.25) is 5.10 Å². The predicted octanol–water partition coefficient (Wildman–Crippen LogP) is 2.47. The summed E-state index contributed by atoms with van der Waals surface area (Å²) >= 11 is 0. The van der Waals surface area contributed by atoms with Crippen molar-refractivity contribution in [2.75, 3.05) is 0 Å². The zero-order valence-corrected chi connectivity index (χ0v) is 11.5. The highest BCUT2D eigenvalue weighted by Gasteiger charge is 2.18. The number of hydrogen-bond acceptors (Lipinski definition) is 3. The van der Waals surface area contributed by atoms with Gasteiger partial charge in [-0.1, -0.05) is 30.3 Å². The lowest BCUT2D eigenvalue weighted by Crippen LogP contribution is -2.34. The summed E-state index contributed by atoms with van der Waals surface area (Å²) in [5, 5.41) is 20.5. The minimum Gasteiger partial charge on any atom is -0.393 e. The lowest BCUT2D eigenvalue weighted by atomic mass is 9.93. The maximum absolute atomic E-state index is 9.50. The van der Waals surface area contributed by atoms with E-state index in [1.807, 2.05) is 18.2 Å². The normalized spacial score (nSPS) is 22.9. The highest BCUT2D eigenvalue weighted by molar-refractivity contribution is 5.58. The molecule has 0 bridgehead atoms. The van der Waals surface area contributed by atoms with Gasteiger partial charge in [0, 0.05) is 23.8 Å². The molecule has 0 spiro atoms. The van der Waals surface area contributed by atoms with Gasteiger partial charge >= 0.3 is 0 Å². The number of benzene rings is 1. The van der Waals surface area contributed by atoms with Crippen molar-refractivity contribution in [1.29, 1.82) is 0 Å². The topological polar surface area (TPSA) is 60.9 Å². The molecule has 4 nitrogen and oxygen atoms in total. The Kier molecular flexibility index (Phi) is 4.14. The molecule has 1 saturated carbocycles. The van der Waals surface area contributed by atoms with Crippen LogP contribution < -0.4 is 5.32 Å². The number of hydrogen-bond donors (Lipinski definition) is 3. The third kappa shape index (κ3) is 3.26. The first-order valence-corrected chi connectivity index (χ1v) is 7.32. The monoisotopic (exact) mass is 271 g/mol. The van der Waals surface area contributed by atoms with Crippen molar-refractivity contribution in [3.05, 3.63) is 42.1 Å². The molecule has 3 N–H and O–H groups in total. The highest BCUT2D eigenvalue weighted by Crippen LogP contribution is 2.20. The molecule has 0 unspecified atom stereocenters. The van der Waals surface area contributed by atoms with Crippen LogP contribution in [0.5, 0.6) is 0 Å². The summed E-state index contributed by atoms with van der Waals surface area (Å²) in [5.74, 6) is 0. The fraction of sp³-hybridized carbons (Fsp3) is 0.438. The van der Waals surface area contributed by atoms with E-state index < -0.39 is 0 Å². The maximum Gasteiger partial charge on any atom is 0.0924 e. The molecule has 1 aliphatic carbocycles. The zero-order valence-electron chi connectivity index (χ0n) is 11.5. The summed E-state index contributed by atoms with van der Waals surface area (Å²) in [5.41, 5.74) is 3.23. The fourth-order valence-corrected chi connectivity index (χ4v) is 2.74. The van der Waals surface area contributed by atoms with E-state index in [-0.39, 0.29) is 6.10 Å². The van der Waals surface area contributed by atoms with Gasteiger partial charge in [-0.2, -0.15) is 5.10 Å². The van der Waals surface area contributed by atoms with E-state index in [4.69, 9.17) is 0 Å². The molecule has 4 heteroatoms. The first-order chi connectivity index (χ1) is 9.81. The van der Waals surface area contributed by atoms with Crippen LogP contribution in [0.25, 0.3) is 11.3 Å². The smallest absolute Gasteiger partial charge is 0.0924 e. The Hall–Kier alpha value is -1.65. The van der Waals surface area contributed by atoms with Crippen LogP contribution in [0.15, 0.2) is 36.4 Å². The van der Waals surface area contributed by atoms with Gasteiger partial charge in [-0.05, 0) is 31.7 Å². The van der Waals surface area contributed by atoms with Gasteiger partial charge in [0.1, 0.15) is 0 Å². The average Bonchev–Trinajstić information content (AvgIpc) is 2.97. The fourth-order valence-electron chi connectivity index (χ4n) is 2.74. The van der Waals surface area contributed by atoms with Crippen molar-refractivity contribution in [3.8, 4) is 11.3 Å². The number of aromatic amines is 1. The van der Waals surface area contributed by atoms with Crippen LogP contribution in [0.4, 0.5) is 0 Å². The molecule has 1 fully saturated rings. The van der Waals surface area contributed by atoms with Crippen molar-refractivity contribution in [2.24, 2.45) is 0 Å². The number of aliphatic hydroxyl groups excluding tert-OH is 1. The Morgan fingerprint density at radius 2 is 1.90 bits per heavy atom. The molecule has 1 aliphatic rings. The first kappa shape index (κ1) is 13.3. The van der Waals surface area contributed by atoms with Crippen LogP contribution >= 0.6 is 0 Å². The van der Waals surface area contributed by atoms with Gasteiger partial charge in [-0.25, -0.2) is 0 Å². The lowest BCUT2D eigenvalue weighted by Gasteiger charge is -2.26. The van der Waals surface area contributed by atoms with E-state index in [9.17, 15) is 5.11 Å². The van der Waals surface area contributed by atoms with E-state index in [1.165, 1.54) is 0 Å². The second-order valence-electron chi connectivity index (χ2n) is 5.53. The summed E-state index contributed by atoms with van der Waals surface area (Å²) in [6.07, 6.45) is 3.85. The quantitative estimate of drug-likeness (QED) is 0.800. The molecule has 0 radical (unpaired) electrons. The predicted molar refractivity (Wildman–Crippen MR) is 79.1 cm³/mol. The summed E-state index contributed by atoms with van der Waals surface area (Å²) in [7, 11) is 0. The maximum atomic E-state index is 9.50. The zero-order chi connectivity index (χ0) is 13.8. The standard InChI is InChI=1S/C16H21N3O/c20-15-8-6-13(7-9-15)17-11-14-10-16(19-18-14)12-4-2-1-3-5-12/h1-5,10,13,15,17,20H,6-9,11H2,(H,18,19). The number of nitrogens with zero attached hydrogens (tertiary/aromatic N) is 1. The molecule has 1 aromatic carbocycles. The van der Waals surface area contributed by atoms with Gasteiger partial charge in [-0.15, -0.1) is 0 Å². The van der Waals surface area contributed by atoms with Crippen molar-refractivity contribution >= 4 is 0 Å². The van der Waals surface area contributed by atoms with Gasteiger partial charge < -0.3 is 10.4 Å². The Labute approximate surface area is 119 Å². The summed E-state index contributed by atoms with van der Waals surface area (Å²) < 4.78 is 0. The van der Waals surface area contributed by atoms with Crippen LogP contribution in [0.2, 0.25) is 0 Å². The largest absolute Gasteiger partial charge is 0.393 e. The van der Waals surface area contributed by atoms with E-state index in [2.05, 4.69) is 33.7 Å². The Bertz CT molecular complexity index is 530. The van der Waals surface area contributed by atoms with Gasteiger partial charge in [0.05, 0.1) is 11.8 Å². The Morgan fingerprint density at radius 1 is 1.15 bits per heavy atom. The third-order valence-electron chi connectivity index (χ3n) is 3.98. The highest BCUT2D eigenvalue weighted by atomic mass is 16.3. The molecule has 3 rings (SSSR count). The molecular weight excluding hydrogens is 250 g/mol. The summed E-state index contributed by atoms with van der Waals surface area (Å²) in [4.78, 5) is 0. The third-order valence-corrected chi connectivity index (χ3v) is 3.98. The molecule has 20 heavy (non-hydrogen) atoms. The van der Waals surface area contributed by atoms with Gasteiger partial charge in [0.15, 0.2) is 0 Å². The summed E-state index contributed by atoms with van der Waals surface area (Å²) in [6.45, 7) is 0.806. The Morgan fingerprint density at radius 3 is 2.65 bits per heavy atom. The SMILES string of the molecule is OC1CCC(NCc2cc(-c3ccccc3)n[nH]2)CC1. The number of aromatic nitrogens is 2. The van der Waals surface area contributed by atoms with Crippen LogP contribution in [0, 0.1) is 0 Å². The van der Waals surface area contributed by atoms with E-state index in [0.717, 1.165) is 49.2 Å². The molecule has 2 aromatic rings. The lowest BCUT2D eigenvalue weighted by molar-refractivity contribution is 0.116. The van der Waals surface area contributed by atoms with Gasteiger partial charge in [0.25, 0.3) is 0 Å². The van der Waals surface area contributed by atoms with E-state index in [1.54, 1.807) is 0 Å². The van der Waals surface area contributed by atoms with Gasteiger partial charge in [0.2, 0.25) is 0 Å². The molecule has 1 heterocycles. The molecule has 1 aromatic heterocycles. The first-order valence-electron chi connectivity index (χ1n) is 7.32. The molecule has 0 atom stereocenters. The second-order valence-corrected chi connectivity index (χ2v) is 5.53. The number of H-pyrrole nitrogens is 1. The van der Waals surface area contributed by atoms with Crippen LogP contribution in [-0.4, -0.2) is 27.4 Å².